The average molecular weight is 522 g/mol. The molecule has 0 radical (unpaired) electrons. The molecule has 1 heterocycles. The van der Waals surface area contributed by atoms with Crippen molar-refractivity contribution in [3.63, 3.8) is 0 Å². The number of carbonyl (C=O) groups is 1. The van der Waals surface area contributed by atoms with E-state index >= 15 is 0 Å². The predicted octanol–water partition coefficient (Wildman–Crippen LogP) is 5.60. The fourth-order valence-corrected chi connectivity index (χ4v) is 5.12. The zero-order chi connectivity index (χ0) is 25.1. The van der Waals surface area contributed by atoms with Gasteiger partial charge in [-0.3, -0.25) is 9.52 Å². The fraction of sp³-hybridized carbons (Fsp3) is 0.185. The van der Waals surface area contributed by atoms with Crippen LogP contribution in [0.4, 0.5) is 5.69 Å². The molecule has 0 amide bonds. The van der Waals surface area contributed by atoms with Crippen molar-refractivity contribution in [1.29, 1.82) is 0 Å². The van der Waals surface area contributed by atoms with Gasteiger partial charge in [0.15, 0.2) is 16.9 Å². The molecule has 0 aliphatic heterocycles. The number of benzene rings is 3. The van der Waals surface area contributed by atoms with Crippen LogP contribution in [0.1, 0.15) is 24.0 Å². The van der Waals surface area contributed by atoms with E-state index < -0.39 is 22.6 Å². The molecule has 0 saturated heterocycles. The van der Waals surface area contributed by atoms with Gasteiger partial charge in [0, 0.05) is 17.1 Å². The number of carboxylic acid groups (broad SMARTS) is 1. The SMILES string of the molecule is O=C(O)C1(c2ccc(-c3ccc(-c4oncc4NS(=O)NCCc4ccccc4Cl)cc3)cc2)CC1. The lowest BCUT2D eigenvalue weighted by Crippen LogP contribution is -2.25. The third-order valence-electron chi connectivity index (χ3n) is 6.44. The van der Waals surface area contributed by atoms with Crippen molar-refractivity contribution in [3.05, 3.63) is 95.1 Å². The van der Waals surface area contributed by atoms with E-state index in [1.54, 1.807) is 0 Å². The first-order valence-electron chi connectivity index (χ1n) is 11.5. The second kappa shape index (κ2) is 10.3. The Morgan fingerprint density at radius 2 is 1.64 bits per heavy atom. The molecular weight excluding hydrogens is 498 g/mol. The van der Waals surface area contributed by atoms with E-state index in [0.717, 1.165) is 27.8 Å². The molecule has 36 heavy (non-hydrogen) atoms. The first-order valence-corrected chi connectivity index (χ1v) is 13.0. The second-order valence-corrected chi connectivity index (χ2v) is 10.2. The Hall–Kier alpha value is -3.46. The monoisotopic (exact) mass is 521 g/mol. The van der Waals surface area contributed by atoms with Crippen LogP contribution >= 0.6 is 11.6 Å². The maximum atomic E-state index is 12.5. The molecule has 1 saturated carbocycles. The first kappa shape index (κ1) is 24.2. The van der Waals surface area contributed by atoms with Crippen molar-refractivity contribution in [2.45, 2.75) is 24.7 Å². The Balaban J connectivity index is 1.22. The lowest BCUT2D eigenvalue weighted by molar-refractivity contribution is -0.140. The van der Waals surface area contributed by atoms with E-state index in [4.69, 9.17) is 16.1 Å². The fourth-order valence-electron chi connectivity index (χ4n) is 4.18. The summed E-state index contributed by atoms with van der Waals surface area (Å²) in [5, 5.41) is 14.0. The van der Waals surface area contributed by atoms with Gasteiger partial charge in [0.05, 0.1) is 11.6 Å². The van der Waals surface area contributed by atoms with Gasteiger partial charge in [-0.05, 0) is 47.6 Å². The molecular formula is C27H24ClN3O4S. The summed E-state index contributed by atoms with van der Waals surface area (Å²) in [5.41, 5.74) is 4.40. The highest BCUT2D eigenvalue weighted by molar-refractivity contribution is 7.84. The van der Waals surface area contributed by atoms with Crippen molar-refractivity contribution >= 4 is 34.4 Å². The van der Waals surface area contributed by atoms with E-state index in [9.17, 15) is 14.1 Å². The normalized spacial score (nSPS) is 14.8. The predicted molar refractivity (Wildman–Crippen MR) is 141 cm³/mol. The topological polar surface area (TPSA) is 104 Å². The van der Waals surface area contributed by atoms with Gasteiger partial charge in [0.2, 0.25) is 0 Å². The largest absolute Gasteiger partial charge is 0.481 e. The van der Waals surface area contributed by atoms with Crippen LogP contribution in [0.25, 0.3) is 22.5 Å². The number of hydrogen-bond acceptors (Lipinski definition) is 4. The molecule has 1 atom stereocenters. The molecule has 7 nitrogen and oxygen atoms in total. The van der Waals surface area contributed by atoms with Crippen LogP contribution in [0.5, 0.6) is 0 Å². The Bertz CT molecular complexity index is 1400. The molecule has 1 aliphatic rings. The van der Waals surface area contributed by atoms with E-state index in [1.165, 1.54) is 6.20 Å². The number of carboxylic acids is 1. The molecule has 5 rings (SSSR count). The number of anilines is 1. The Kier molecular flexibility index (Phi) is 6.91. The maximum absolute atomic E-state index is 12.5. The van der Waals surface area contributed by atoms with Crippen molar-refractivity contribution in [2.75, 3.05) is 11.3 Å². The number of nitrogens with zero attached hydrogens (tertiary/aromatic N) is 1. The van der Waals surface area contributed by atoms with E-state index in [-0.39, 0.29) is 0 Å². The quantitative estimate of drug-likeness (QED) is 0.252. The van der Waals surface area contributed by atoms with Crippen molar-refractivity contribution in [3.8, 4) is 22.5 Å². The highest BCUT2D eigenvalue weighted by Crippen LogP contribution is 2.48. The number of halogens is 1. The Morgan fingerprint density at radius 3 is 2.28 bits per heavy atom. The third-order valence-corrected chi connectivity index (χ3v) is 7.68. The third kappa shape index (κ3) is 5.06. The van der Waals surface area contributed by atoms with Crippen LogP contribution in [0.15, 0.2) is 83.5 Å². The molecule has 1 fully saturated rings. The Morgan fingerprint density at radius 1 is 1.00 bits per heavy atom. The zero-order valence-electron chi connectivity index (χ0n) is 19.2. The summed E-state index contributed by atoms with van der Waals surface area (Å²) >= 11 is 4.63. The van der Waals surface area contributed by atoms with Crippen LogP contribution < -0.4 is 9.44 Å². The summed E-state index contributed by atoms with van der Waals surface area (Å²) in [6.07, 6.45) is 3.51. The summed E-state index contributed by atoms with van der Waals surface area (Å²) in [6.45, 7) is 0.477. The van der Waals surface area contributed by atoms with Crippen molar-refractivity contribution < 1.29 is 18.6 Å². The number of aromatic nitrogens is 1. The molecule has 184 valence electrons. The van der Waals surface area contributed by atoms with Crippen LogP contribution in [-0.4, -0.2) is 27.0 Å². The number of nitrogens with one attached hydrogen (secondary N) is 2. The van der Waals surface area contributed by atoms with Crippen molar-refractivity contribution in [2.24, 2.45) is 0 Å². The molecule has 3 aromatic carbocycles. The molecule has 1 aliphatic carbocycles. The van der Waals surface area contributed by atoms with Gasteiger partial charge in [0.1, 0.15) is 5.69 Å². The lowest BCUT2D eigenvalue weighted by atomic mass is 9.93. The molecule has 1 unspecified atom stereocenters. The van der Waals surface area contributed by atoms with E-state index in [0.29, 0.717) is 42.3 Å². The highest BCUT2D eigenvalue weighted by Gasteiger charge is 2.51. The summed E-state index contributed by atoms with van der Waals surface area (Å²) in [4.78, 5) is 11.6. The van der Waals surface area contributed by atoms with Crippen LogP contribution in [0, 0.1) is 0 Å². The summed E-state index contributed by atoms with van der Waals surface area (Å²) < 4.78 is 23.7. The number of rotatable bonds is 10. The smallest absolute Gasteiger partial charge is 0.314 e. The molecule has 1 aromatic heterocycles. The van der Waals surface area contributed by atoms with E-state index in [2.05, 4.69) is 14.6 Å². The molecule has 0 bridgehead atoms. The molecule has 3 N–H and O–H groups in total. The van der Waals surface area contributed by atoms with Gasteiger partial charge in [-0.2, -0.15) is 0 Å². The maximum Gasteiger partial charge on any atom is 0.314 e. The zero-order valence-corrected chi connectivity index (χ0v) is 20.8. The van der Waals surface area contributed by atoms with Gasteiger partial charge in [0.25, 0.3) is 0 Å². The van der Waals surface area contributed by atoms with Crippen LogP contribution in [-0.2, 0) is 27.8 Å². The minimum atomic E-state index is -1.54. The van der Waals surface area contributed by atoms with Gasteiger partial charge < -0.3 is 9.63 Å². The van der Waals surface area contributed by atoms with Gasteiger partial charge >= 0.3 is 5.97 Å². The summed E-state index contributed by atoms with van der Waals surface area (Å²) in [5.74, 6) is -0.275. The standard InChI is InChI=1S/C27H24ClN3O4S/c28-23-4-2-1-3-20(23)13-16-30-36(34)31-24-17-29-35-25(24)21-7-5-18(6-8-21)19-9-11-22(12-10-19)27(14-15-27)26(32)33/h1-12,17,30-31H,13-16H2,(H,32,33). The lowest BCUT2D eigenvalue weighted by Gasteiger charge is -2.11. The number of aliphatic carboxylic acids is 1. The minimum absolute atomic E-state index is 0.477. The van der Waals surface area contributed by atoms with Gasteiger partial charge in [-0.15, -0.1) is 0 Å². The highest BCUT2D eigenvalue weighted by atomic mass is 35.5. The van der Waals surface area contributed by atoms with E-state index in [1.807, 2.05) is 72.8 Å². The molecule has 9 heteroatoms. The molecule has 0 spiro atoms. The average Bonchev–Trinajstić information content (AvgIpc) is 3.59. The second-order valence-electron chi connectivity index (χ2n) is 8.72. The first-order chi connectivity index (χ1) is 17.5. The molecule has 4 aromatic rings. The van der Waals surface area contributed by atoms with Gasteiger partial charge in [-0.1, -0.05) is 83.5 Å². The summed E-state index contributed by atoms with van der Waals surface area (Å²) in [6, 6.07) is 23.0. The van der Waals surface area contributed by atoms with Crippen LogP contribution in [0.3, 0.4) is 0 Å². The minimum Gasteiger partial charge on any atom is -0.481 e. The van der Waals surface area contributed by atoms with Crippen molar-refractivity contribution in [1.82, 2.24) is 9.88 Å². The summed E-state index contributed by atoms with van der Waals surface area (Å²) in [7, 11) is 0. The van der Waals surface area contributed by atoms with Gasteiger partial charge in [-0.25, -0.2) is 8.93 Å². The number of hydrogen-bond donors (Lipinski definition) is 3. The Labute approximate surface area is 216 Å². The van der Waals surface area contributed by atoms with Crippen LogP contribution in [0.2, 0.25) is 5.02 Å².